The maximum Gasteiger partial charge on any atom is 0.0783 e. The van der Waals surface area contributed by atoms with Crippen LogP contribution < -0.4 is 5.32 Å². The van der Waals surface area contributed by atoms with Crippen LogP contribution in [0.4, 0.5) is 0 Å². The Hall–Kier alpha value is 0.270. The highest BCUT2D eigenvalue weighted by molar-refractivity contribution is 7.99. The summed E-state index contributed by atoms with van der Waals surface area (Å²) in [4.78, 5) is 0. The lowest BCUT2D eigenvalue weighted by molar-refractivity contribution is -0.0864. The SMILES string of the molecule is CNC(C1CCOC2(CCSC2)C1)C1CC1(C)C. The molecule has 1 spiro atoms. The van der Waals surface area contributed by atoms with Gasteiger partial charge in [-0.1, -0.05) is 13.8 Å². The van der Waals surface area contributed by atoms with Gasteiger partial charge < -0.3 is 10.1 Å². The Balaban J connectivity index is 1.67. The maximum atomic E-state index is 6.15. The molecule has 3 fully saturated rings. The summed E-state index contributed by atoms with van der Waals surface area (Å²) in [7, 11) is 2.16. The highest BCUT2D eigenvalue weighted by Crippen LogP contribution is 2.56. The van der Waals surface area contributed by atoms with Gasteiger partial charge in [0, 0.05) is 18.4 Å². The zero-order valence-electron chi connectivity index (χ0n) is 12.0. The minimum Gasteiger partial charge on any atom is -0.374 e. The Morgan fingerprint density at radius 3 is 2.67 bits per heavy atom. The lowest BCUT2D eigenvalue weighted by Crippen LogP contribution is -2.47. The Labute approximate surface area is 116 Å². The molecule has 0 aromatic heterocycles. The van der Waals surface area contributed by atoms with Crippen LogP contribution in [0.5, 0.6) is 0 Å². The molecular formula is C15H27NOS. The summed E-state index contributed by atoms with van der Waals surface area (Å²) >= 11 is 2.08. The molecule has 4 atom stereocenters. The molecule has 3 aliphatic rings. The third-order valence-electron chi connectivity index (χ3n) is 5.46. The van der Waals surface area contributed by atoms with Gasteiger partial charge >= 0.3 is 0 Å². The third kappa shape index (κ3) is 2.34. The van der Waals surface area contributed by atoms with Crippen molar-refractivity contribution in [2.75, 3.05) is 25.2 Å². The Morgan fingerprint density at radius 2 is 2.11 bits per heavy atom. The monoisotopic (exact) mass is 269 g/mol. The predicted octanol–water partition coefficient (Wildman–Crippen LogP) is 2.92. The molecule has 2 heterocycles. The molecule has 3 heteroatoms. The van der Waals surface area contributed by atoms with Crippen LogP contribution in [0.3, 0.4) is 0 Å². The van der Waals surface area contributed by atoms with Crippen molar-refractivity contribution in [1.82, 2.24) is 5.32 Å². The van der Waals surface area contributed by atoms with Gasteiger partial charge in [0.05, 0.1) is 5.60 Å². The number of nitrogens with one attached hydrogen (secondary N) is 1. The van der Waals surface area contributed by atoms with Crippen molar-refractivity contribution >= 4 is 11.8 Å². The lowest BCUT2D eigenvalue weighted by atomic mass is 9.78. The fourth-order valence-electron chi connectivity index (χ4n) is 4.12. The van der Waals surface area contributed by atoms with Crippen molar-refractivity contribution in [1.29, 1.82) is 0 Å². The minimum atomic E-state index is 0.238. The van der Waals surface area contributed by atoms with E-state index in [9.17, 15) is 0 Å². The highest BCUT2D eigenvalue weighted by atomic mass is 32.2. The summed E-state index contributed by atoms with van der Waals surface area (Å²) in [6.45, 7) is 5.82. The van der Waals surface area contributed by atoms with Crippen molar-refractivity contribution in [3.63, 3.8) is 0 Å². The summed E-state index contributed by atoms with van der Waals surface area (Å²) in [5.74, 6) is 4.24. The predicted molar refractivity (Wildman–Crippen MR) is 78.1 cm³/mol. The van der Waals surface area contributed by atoms with Crippen molar-refractivity contribution < 1.29 is 4.74 Å². The van der Waals surface area contributed by atoms with E-state index in [2.05, 4.69) is 38.0 Å². The normalized spacial score (nSPS) is 44.2. The number of rotatable bonds is 3. The average molecular weight is 269 g/mol. The molecule has 4 unspecified atom stereocenters. The van der Waals surface area contributed by atoms with Gasteiger partial charge in [-0.3, -0.25) is 0 Å². The number of ether oxygens (including phenoxy) is 1. The topological polar surface area (TPSA) is 21.3 Å². The number of thioether (sulfide) groups is 1. The van der Waals surface area contributed by atoms with E-state index in [1.165, 1.54) is 37.2 Å². The second-order valence-electron chi connectivity index (χ2n) is 7.20. The molecule has 1 N–H and O–H groups in total. The largest absolute Gasteiger partial charge is 0.374 e. The first kappa shape index (κ1) is 13.3. The molecule has 18 heavy (non-hydrogen) atoms. The van der Waals surface area contributed by atoms with E-state index in [1.807, 2.05) is 0 Å². The van der Waals surface area contributed by atoms with Crippen molar-refractivity contribution in [3.05, 3.63) is 0 Å². The van der Waals surface area contributed by atoms with Gasteiger partial charge in [0.1, 0.15) is 0 Å². The molecule has 2 nitrogen and oxygen atoms in total. The average Bonchev–Trinajstić information content (AvgIpc) is 2.74. The number of hydrogen-bond donors (Lipinski definition) is 1. The molecule has 3 rings (SSSR count). The van der Waals surface area contributed by atoms with Gasteiger partial charge in [-0.15, -0.1) is 0 Å². The standard InChI is InChI=1S/C15H27NOS/c1-14(2)9-12(14)13(16-3)11-4-6-17-15(8-11)5-7-18-10-15/h11-13,16H,4-10H2,1-3H3. The summed E-state index contributed by atoms with van der Waals surface area (Å²) in [5, 5.41) is 3.63. The first-order valence-electron chi connectivity index (χ1n) is 7.45. The molecule has 0 bridgehead atoms. The van der Waals surface area contributed by atoms with Crippen LogP contribution in [0.2, 0.25) is 0 Å². The quantitative estimate of drug-likeness (QED) is 0.851. The van der Waals surface area contributed by atoms with Crippen LogP contribution in [0, 0.1) is 17.3 Å². The Kier molecular flexibility index (Phi) is 3.44. The first-order chi connectivity index (χ1) is 8.56. The molecule has 0 aromatic rings. The summed E-state index contributed by atoms with van der Waals surface area (Å²) in [5.41, 5.74) is 0.811. The molecule has 0 aromatic carbocycles. The van der Waals surface area contributed by atoms with Crippen molar-refractivity contribution in [2.45, 2.75) is 51.2 Å². The van der Waals surface area contributed by atoms with Gasteiger partial charge in [-0.25, -0.2) is 0 Å². The Bertz CT molecular complexity index is 312. The van der Waals surface area contributed by atoms with Crippen LogP contribution in [-0.2, 0) is 4.74 Å². The summed E-state index contributed by atoms with van der Waals surface area (Å²) < 4.78 is 6.15. The van der Waals surface area contributed by atoms with E-state index < -0.39 is 0 Å². The lowest BCUT2D eigenvalue weighted by Gasteiger charge is -2.41. The molecule has 0 amide bonds. The van der Waals surface area contributed by atoms with Crippen LogP contribution in [-0.4, -0.2) is 36.8 Å². The van der Waals surface area contributed by atoms with Gasteiger partial charge in [0.25, 0.3) is 0 Å². The fraction of sp³-hybridized carbons (Fsp3) is 1.00. The maximum absolute atomic E-state index is 6.15. The second kappa shape index (κ2) is 4.68. The molecule has 2 saturated heterocycles. The van der Waals surface area contributed by atoms with Gasteiger partial charge in [0.15, 0.2) is 0 Å². The van der Waals surface area contributed by atoms with Crippen LogP contribution >= 0.6 is 11.8 Å². The van der Waals surface area contributed by atoms with E-state index in [4.69, 9.17) is 4.74 Å². The van der Waals surface area contributed by atoms with Crippen LogP contribution in [0.15, 0.2) is 0 Å². The van der Waals surface area contributed by atoms with Crippen LogP contribution in [0.1, 0.15) is 39.5 Å². The molecular weight excluding hydrogens is 242 g/mol. The fourth-order valence-corrected chi connectivity index (χ4v) is 5.50. The molecule has 2 aliphatic heterocycles. The molecule has 0 radical (unpaired) electrons. The van der Waals surface area contributed by atoms with E-state index in [1.54, 1.807) is 0 Å². The zero-order chi connectivity index (χ0) is 12.8. The van der Waals surface area contributed by atoms with E-state index in [-0.39, 0.29) is 5.60 Å². The second-order valence-corrected chi connectivity index (χ2v) is 8.31. The van der Waals surface area contributed by atoms with Gasteiger partial charge in [-0.2, -0.15) is 11.8 Å². The minimum absolute atomic E-state index is 0.238. The van der Waals surface area contributed by atoms with E-state index >= 15 is 0 Å². The van der Waals surface area contributed by atoms with Crippen molar-refractivity contribution in [2.24, 2.45) is 17.3 Å². The van der Waals surface area contributed by atoms with Crippen LogP contribution in [0.25, 0.3) is 0 Å². The van der Waals surface area contributed by atoms with E-state index in [0.29, 0.717) is 11.5 Å². The van der Waals surface area contributed by atoms with Crippen molar-refractivity contribution in [3.8, 4) is 0 Å². The molecule has 1 aliphatic carbocycles. The third-order valence-corrected chi connectivity index (χ3v) is 6.69. The molecule has 104 valence electrons. The zero-order valence-corrected chi connectivity index (χ0v) is 12.8. The highest BCUT2D eigenvalue weighted by Gasteiger charge is 2.53. The Morgan fingerprint density at radius 1 is 1.33 bits per heavy atom. The number of hydrogen-bond acceptors (Lipinski definition) is 3. The van der Waals surface area contributed by atoms with Gasteiger partial charge in [-0.05, 0) is 55.7 Å². The summed E-state index contributed by atoms with van der Waals surface area (Å²) in [6, 6.07) is 0.714. The first-order valence-corrected chi connectivity index (χ1v) is 8.61. The summed E-state index contributed by atoms with van der Waals surface area (Å²) in [6.07, 6.45) is 5.22. The van der Waals surface area contributed by atoms with E-state index in [0.717, 1.165) is 18.4 Å². The van der Waals surface area contributed by atoms with Gasteiger partial charge in [0.2, 0.25) is 0 Å². The molecule has 1 saturated carbocycles. The smallest absolute Gasteiger partial charge is 0.0783 e.